The Labute approximate surface area is 201 Å². The molecule has 2 rings (SSSR count). The highest BCUT2D eigenvalue weighted by molar-refractivity contribution is 9.10. The van der Waals surface area contributed by atoms with Gasteiger partial charge in [0, 0.05) is 9.50 Å². The minimum Gasteiger partial charge on any atom is -0.490 e. The molecule has 2 aromatic rings. The number of halogens is 3. The van der Waals surface area contributed by atoms with E-state index in [1.807, 2.05) is 13.8 Å². The van der Waals surface area contributed by atoms with Crippen LogP contribution in [0.15, 0.2) is 45.3 Å². The van der Waals surface area contributed by atoms with Gasteiger partial charge in [-0.3, -0.25) is 25.8 Å². The molecule has 0 heterocycles. The topological polar surface area (TPSA) is 88.7 Å². The molecule has 0 spiro atoms. The summed E-state index contributed by atoms with van der Waals surface area (Å²) in [5.41, 5.74) is 5.10. The highest BCUT2D eigenvalue weighted by Gasteiger charge is 2.16. The zero-order valence-corrected chi connectivity index (χ0v) is 20.7. The summed E-state index contributed by atoms with van der Waals surface area (Å²) in [5.74, 6) is -0.114. The van der Waals surface area contributed by atoms with Crippen molar-refractivity contribution in [3.63, 3.8) is 0 Å². The molecule has 30 heavy (non-hydrogen) atoms. The molecule has 0 unspecified atom stereocenters. The van der Waals surface area contributed by atoms with E-state index >= 15 is 0 Å². The molecule has 0 bridgehead atoms. The zero-order valence-electron chi connectivity index (χ0n) is 15.9. The second-order valence-electron chi connectivity index (χ2n) is 6.13. The van der Waals surface area contributed by atoms with E-state index in [0.29, 0.717) is 31.0 Å². The number of ether oxygens (including phenoxy) is 2. The maximum Gasteiger partial charge on any atom is 0.276 e. The minimum absolute atomic E-state index is 0.0866. The van der Waals surface area contributed by atoms with Gasteiger partial charge in [-0.25, -0.2) is 0 Å². The highest BCUT2D eigenvalue weighted by Crippen LogP contribution is 2.28. The van der Waals surface area contributed by atoms with E-state index in [0.717, 1.165) is 0 Å². The molecule has 160 valence electrons. The van der Waals surface area contributed by atoms with Crippen molar-refractivity contribution in [1.82, 2.24) is 16.2 Å². The lowest BCUT2D eigenvalue weighted by atomic mass is 10.2. The quantitative estimate of drug-likeness (QED) is 0.348. The van der Waals surface area contributed by atoms with Crippen molar-refractivity contribution >= 4 is 72.6 Å². The van der Waals surface area contributed by atoms with Gasteiger partial charge in [0.1, 0.15) is 11.5 Å². The second kappa shape index (κ2) is 11.5. The van der Waals surface area contributed by atoms with Gasteiger partial charge in [0.05, 0.1) is 16.1 Å². The third-order valence-electron chi connectivity index (χ3n) is 3.34. The van der Waals surface area contributed by atoms with Crippen molar-refractivity contribution in [1.29, 1.82) is 0 Å². The van der Waals surface area contributed by atoms with Gasteiger partial charge in [0.2, 0.25) is 0 Å². The summed E-state index contributed by atoms with van der Waals surface area (Å²) in [6.07, 6.45) is -0.109. The Hall–Kier alpha value is -1.88. The van der Waals surface area contributed by atoms with Crippen LogP contribution in [0.4, 0.5) is 0 Å². The molecular weight excluding hydrogens is 562 g/mol. The van der Waals surface area contributed by atoms with Crippen LogP contribution in [-0.4, -0.2) is 29.6 Å². The molecule has 0 aliphatic carbocycles. The van der Waals surface area contributed by atoms with Crippen molar-refractivity contribution in [2.24, 2.45) is 0 Å². The van der Waals surface area contributed by atoms with Crippen LogP contribution >= 0.6 is 55.7 Å². The molecule has 0 aromatic heterocycles. The van der Waals surface area contributed by atoms with Crippen molar-refractivity contribution in [3.05, 3.63) is 55.9 Å². The number of carbonyl (C=O) groups is 2. The summed E-state index contributed by atoms with van der Waals surface area (Å²) in [4.78, 5) is 24.5. The fourth-order valence-electron chi connectivity index (χ4n) is 2.14. The monoisotopic (exact) mass is 577 g/mol. The van der Waals surface area contributed by atoms with Crippen molar-refractivity contribution in [2.45, 2.75) is 20.0 Å². The SMILES string of the molecule is CC(C)Oc1ccc(Br)cc1C(=O)NC(=S)NNC(=O)COc1ccc(Cl)cc1Br. The average molecular weight is 580 g/mol. The van der Waals surface area contributed by atoms with Gasteiger partial charge in [0.15, 0.2) is 11.7 Å². The molecule has 2 amide bonds. The fraction of sp³-hybridized carbons (Fsp3) is 0.211. The number of amides is 2. The maximum atomic E-state index is 12.5. The Kier molecular flexibility index (Phi) is 9.35. The maximum absolute atomic E-state index is 12.5. The Morgan fingerprint density at radius 1 is 1.10 bits per heavy atom. The van der Waals surface area contributed by atoms with Crippen molar-refractivity contribution in [2.75, 3.05) is 6.61 Å². The van der Waals surface area contributed by atoms with E-state index in [2.05, 4.69) is 48.0 Å². The third-order valence-corrected chi connectivity index (χ3v) is 4.90. The van der Waals surface area contributed by atoms with E-state index in [1.54, 1.807) is 36.4 Å². The standard InChI is InChI=1S/C19H18Br2ClN3O4S/c1-10(2)29-15-5-3-11(20)7-13(15)18(27)23-19(30)25-24-17(26)9-28-16-6-4-12(22)8-14(16)21/h3-8,10H,9H2,1-2H3,(H,24,26)(H2,23,25,27,30). The molecule has 0 atom stereocenters. The van der Waals surface area contributed by atoms with Gasteiger partial charge in [-0.2, -0.15) is 0 Å². The number of hydrogen-bond donors (Lipinski definition) is 3. The largest absolute Gasteiger partial charge is 0.490 e. The van der Waals surface area contributed by atoms with E-state index < -0.39 is 11.8 Å². The number of hydrogen-bond acceptors (Lipinski definition) is 5. The highest BCUT2D eigenvalue weighted by atomic mass is 79.9. The lowest BCUT2D eigenvalue weighted by Crippen LogP contribution is -2.49. The van der Waals surface area contributed by atoms with E-state index in [4.69, 9.17) is 33.3 Å². The molecule has 11 heteroatoms. The second-order valence-corrected chi connectivity index (χ2v) is 8.74. The molecule has 0 aliphatic rings. The zero-order chi connectivity index (χ0) is 22.3. The molecule has 3 N–H and O–H groups in total. The first-order chi connectivity index (χ1) is 14.2. The molecule has 0 aliphatic heterocycles. The van der Waals surface area contributed by atoms with Gasteiger partial charge in [-0.1, -0.05) is 27.5 Å². The van der Waals surface area contributed by atoms with Crippen LogP contribution in [0.2, 0.25) is 5.02 Å². The van der Waals surface area contributed by atoms with Crippen LogP contribution in [0.25, 0.3) is 0 Å². The van der Waals surface area contributed by atoms with Gasteiger partial charge < -0.3 is 9.47 Å². The molecule has 0 saturated heterocycles. The first kappa shape index (κ1) is 24.4. The van der Waals surface area contributed by atoms with Crippen LogP contribution in [0.1, 0.15) is 24.2 Å². The Morgan fingerprint density at radius 2 is 1.80 bits per heavy atom. The summed E-state index contributed by atoms with van der Waals surface area (Å²) in [6.45, 7) is 3.44. The average Bonchev–Trinajstić information content (AvgIpc) is 2.66. The molecule has 0 saturated carbocycles. The lowest BCUT2D eigenvalue weighted by Gasteiger charge is -2.15. The van der Waals surface area contributed by atoms with Gasteiger partial charge in [-0.05, 0) is 78.4 Å². The summed E-state index contributed by atoms with van der Waals surface area (Å²) >= 11 is 17.5. The van der Waals surface area contributed by atoms with Gasteiger partial charge in [-0.15, -0.1) is 0 Å². The normalized spacial score (nSPS) is 10.3. The van der Waals surface area contributed by atoms with Crippen LogP contribution in [0.5, 0.6) is 11.5 Å². The summed E-state index contributed by atoms with van der Waals surface area (Å²) in [6, 6.07) is 9.99. The van der Waals surface area contributed by atoms with E-state index in [1.165, 1.54) is 0 Å². The number of thiocarbonyl (C=S) groups is 1. The van der Waals surface area contributed by atoms with Gasteiger partial charge in [0.25, 0.3) is 11.8 Å². The summed E-state index contributed by atoms with van der Waals surface area (Å²) < 4.78 is 12.4. The summed E-state index contributed by atoms with van der Waals surface area (Å²) in [7, 11) is 0. The number of rotatable bonds is 6. The van der Waals surface area contributed by atoms with Crippen LogP contribution in [0.3, 0.4) is 0 Å². The number of hydrazine groups is 1. The van der Waals surface area contributed by atoms with Crippen molar-refractivity contribution in [3.8, 4) is 11.5 Å². The molecule has 2 aromatic carbocycles. The smallest absolute Gasteiger partial charge is 0.276 e. The number of nitrogens with one attached hydrogen (secondary N) is 3. The molecule has 0 radical (unpaired) electrons. The third kappa shape index (κ3) is 7.75. The summed E-state index contributed by atoms with van der Waals surface area (Å²) in [5, 5.41) is 2.93. The van der Waals surface area contributed by atoms with Crippen LogP contribution < -0.4 is 25.6 Å². The molecule has 7 nitrogen and oxygen atoms in total. The predicted molar refractivity (Wildman–Crippen MR) is 126 cm³/mol. The van der Waals surface area contributed by atoms with Gasteiger partial charge >= 0.3 is 0 Å². The minimum atomic E-state index is -0.500. The first-order valence-corrected chi connectivity index (χ1v) is 11.0. The Morgan fingerprint density at radius 3 is 2.47 bits per heavy atom. The van der Waals surface area contributed by atoms with E-state index in [9.17, 15) is 9.59 Å². The molecular formula is C19H18Br2ClN3O4S. The Bertz CT molecular complexity index is 959. The Balaban J connectivity index is 1.86. The van der Waals surface area contributed by atoms with Crippen molar-refractivity contribution < 1.29 is 19.1 Å². The fourth-order valence-corrected chi connectivity index (χ4v) is 3.44. The number of carbonyl (C=O) groups excluding carboxylic acids is 2. The lowest BCUT2D eigenvalue weighted by molar-refractivity contribution is -0.123. The predicted octanol–water partition coefficient (Wildman–Crippen LogP) is 4.37. The first-order valence-electron chi connectivity index (χ1n) is 8.60. The molecule has 0 fully saturated rings. The number of benzene rings is 2. The van der Waals surface area contributed by atoms with Crippen LogP contribution in [0, 0.1) is 0 Å². The van der Waals surface area contributed by atoms with E-state index in [-0.39, 0.29) is 17.8 Å². The van der Waals surface area contributed by atoms with Crippen LogP contribution in [-0.2, 0) is 4.79 Å².